The molecule has 1 aromatic carbocycles. The number of halogens is 1. The highest BCUT2D eigenvalue weighted by molar-refractivity contribution is 6.30. The maximum Gasteiger partial charge on any atom is 0.0694 e. The number of nitrogens with zero attached hydrogens (tertiary/aromatic N) is 2. The van der Waals surface area contributed by atoms with E-state index in [1.54, 1.807) is 0 Å². The van der Waals surface area contributed by atoms with Crippen LogP contribution in [0.15, 0.2) is 24.3 Å². The van der Waals surface area contributed by atoms with Crippen molar-refractivity contribution in [1.29, 1.82) is 0 Å². The molecule has 0 bridgehead atoms. The van der Waals surface area contributed by atoms with Crippen LogP contribution in [0.1, 0.15) is 37.7 Å². The third kappa shape index (κ3) is 3.62. The zero-order valence-corrected chi connectivity index (χ0v) is 13.5. The lowest BCUT2D eigenvalue weighted by molar-refractivity contribution is 0.424. The molecule has 2 aromatic rings. The first-order valence-corrected chi connectivity index (χ1v) is 7.21. The van der Waals surface area contributed by atoms with Crippen LogP contribution in [0.3, 0.4) is 0 Å². The van der Waals surface area contributed by atoms with Gasteiger partial charge in [-0.1, -0.05) is 11.6 Å². The number of aromatic nitrogens is 2. The molecule has 1 heterocycles. The smallest absolute Gasteiger partial charge is 0.0694 e. The first kappa shape index (κ1) is 15.1. The Hall–Kier alpha value is -1.32. The van der Waals surface area contributed by atoms with Crippen LogP contribution >= 0.6 is 11.6 Å². The Balaban J connectivity index is 2.40. The molecule has 0 aliphatic rings. The Labute approximate surface area is 126 Å². The van der Waals surface area contributed by atoms with Gasteiger partial charge in [0.2, 0.25) is 0 Å². The fourth-order valence-electron chi connectivity index (χ4n) is 2.14. The van der Waals surface area contributed by atoms with Crippen molar-refractivity contribution in [1.82, 2.24) is 15.1 Å². The molecule has 0 saturated carbocycles. The molecule has 108 valence electrons. The van der Waals surface area contributed by atoms with Crippen LogP contribution in [0.5, 0.6) is 0 Å². The van der Waals surface area contributed by atoms with E-state index >= 15 is 0 Å². The third-order valence-corrected chi connectivity index (χ3v) is 3.32. The molecule has 4 heteroatoms. The summed E-state index contributed by atoms with van der Waals surface area (Å²) < 4.78 is 1.98. The average molecular weight is 292 g/mol. The van der Waals surface area contributed by atoms with Crippen molar-refractivity contribution in [3.05, 3.63) is 46.2 Å². The summed E-state index contributed by atoms with van der Waals surface area (Å²) >= 11 is 6.14. The van der Waals surface area contributed by atoms with E-state index in [1.807, 2.05) is 29.8 Å². The molecule has 0 saturated heterocycles. The lowest BCUT2D eigenvalue weighted by atomic mass is 10.1. The van der Waals surface area contributed by atoms with Crippen LogP contribution in [-0.4, -0.2) is 15.3 Å². The number of hydrogen-bond donors (Lipinski definition) is 1. The standard InChI is InChI=1S/C16H22ClN3/c1-11-8-12(2)20(19-11)15-7-6-14(17)9-13(15)10-18-16(3,4)5/h6-9,18H,10H2,1-5H3. The monoisotopic (exact) mass is 291 g/mol. The van der Waals surface area contributed by atoms with Gasteiger partial charge in [-0.25, -0.2) is 4.68 Å². The minimum atomic E-state index is 0.0642. The van der Waals surface area contributed by atoms with E-state index < -0.39 is 0 Å². The van der Waals surface area contributed by atoms with Crippen LogP contribution in [-0.2, 0) is 6.54 Å². The molecular weight excluding hydrogens is 270 g/mol. The molecule has 0 aliphatic heterocycles. The van der Waals surface area contributed by atoms with Crippen LogP contribution in [0.25, 0.3) is 5.69 Å². The maximum absolute atomic E-state index is 6.14. The Bertz CT molecular complexity index is 609. The van der Waals surface area contributed by atoms with Crippen molar-refractivity contribution in [3.63, 3.8) is 0 Å². The van der Waals surface area contributed by atoms with Gasteiger partial charge in [-0.2, -0.15) is 5.10 Å². The number of nitrogens with one attached hydrogen (secondary N) is 1. The van der Waals surface area contributed by atoms with Gasteiger partial charge in [0.15, 0.2) is 0 Å². The molecule has 0 spiro atoms. The summed E-state index contributed by atoms with van der Waals surface area (Å²) in [6.45, 7) is 11.3. The molecule has 0 amide bonds. The average Bonchev–Trinajstić information content (AvgIpc) is 2.65. The Morgan fingerprint density at radius 3 is 2.45 bits per heavy atom. The molecule has 0 unspecified atom stereocenters. The van der Waals surface area contributed by atoms with Gasteiger partial charge in [-0.15, -0.1) is 0 Å². The highest BCUT2D eigenvalue weighted by Crippen LogP contribution is 2.22. The lowest BCUT2D eigenvalue weighted by Crippen LogP contribution is -2.35. The molecule has 1 aromatic heterocycles. The van der Waals surface area contributed by atoms with E-state index in [-0.39, 0.29) is 5.54 Å². The van der Waals surface area contributed by atoms with Crippen LogP contribution < -0.4 is 5.32 Å². The molecule has 0 radical (unpaired) electrons. The highest BCUT2D eigenvalue weighted by atomic mass is 35.5. The fourth-order valence-corrected chi connectivity index (χ4v) is 2.33. The van der Waals surface area contributed by atoms with Crippen molar-refractivity contribution in [3.8, 4) is 5.69 Å². The highest BCUT2D eigenvalue weighted by Gasteiger charge is 2.13. The summed E-state index contributed by atoms with van der Waals surface area (Å²) in [5.74, 6) is 0. The number of rotatable bonds is 3. The maximum atomic E-state index is 6.14. The third-order valence-electron chi connectivity index (χ3n) is 3.09. The van der Waals surface area contributed by atoms with Crippen molar-refractivity contribution < 1.29 is 0 Å². The summed E-state index contributed by atoms with van der Waals surface area (Å²) in [7, 11) is 0. The lowest BCUT2D eigenvalue weighted by Gasteiger charge is -2.22. The molecule has 20 heavy (non-hydrogen) atoms. The molecule has 3 nitrogen and oxygen atoms in total. The second-order valence-corrected chi connectivity index (χ2v) is 6.65. The number of hydrogen-bond acceptors (Lipinski definition) is 2. The van der Waals surface area contributed by atoms with Gasteiger partial charge in [0, 0.05) is 22.8 Å². The Kier molecular flexibility index (Phi) is 4.21. The molecular formula is C16H22ClN3. The minimum Gasteiger partial charge on any atom is -0.308 e. The van der Waals surface area contributed by atoms with Crippen LogP contribution in [0, 0.1) is 13.8 Å². The molecule has 1 N–H and O–H groups in total. The minimum absolute atomic E-state index is 0.0642. The van der Waals surface area contributed by atoms with E-state index in [0.29, 0.717) is 0 Å². The Morgan fingerprint density at radius 2 is 1.90 bits per heavy atom. The topological polar surface area (TPSA) is 29.9 Å². The molecule has 0 fully saturated rings. The predicted octanol–water partition coefficient (Wildman–Crippen LogP) is 4.03. The van der Waals surface area contributed by atoms with Crippen molar-refractivity contribution in [2.45, 2.75) is 46.7 Å². The van der Waals surface area contributed by atoms with Crippen molar-refractivity contribution in [2.24, 2.45) is 0 Å². The van der Waals surface area contributed by atoms with Gasteiger partial charge in [0.1, 0.15) is 0 Å². The summed E-state index contributed by atoms with van der Waals surface area (Å²) in [5.41, 5.74) is 4.44. The van der Waals surface area contributed by atoms with E-state index in [9.17, 15) is 0 Å². The molecule has 2 rings (SSSR count). The molecule has 0 aliphatic carbocycles. The number of aryl methyl sites for hydroxylation is 2. The normalized spacial score (nSPS) is 11.9. The summed E-state index contributed by atoms with van der Waals surface area (Å²) in [5, 5.41) is 8.81. The first-order valence-electron chi connectivity index (χ1n) is 6.83. The van der Waals surface area contributed by atoms with Crippen molar-refractivity contribution >= 4 is 11.6 Å². The van der Waals surface area contributed by atoms with Crippen molar-refractivity contribution in [2.75, 3.05) is 0 Å². The van der Waals surface area contributed by atoms with E-state index in [1.165, 1.54) is 0 Å². The summed E-state index contributed by atoms with van der Waals surface area (Å²) in [6.07, 6.45) is 0. The summed E-state index contributed by atoms with van der Waals surface area (Å²) in [4.78, 5) is 0. The van der Waals surface area contributed by atoms with Gasteiger partial charge in [0.05, 0.1) is 11.4 Å². The van der Waals surface area contributed by atoms with Gasteiger partial charge in [0.25, 0.3) is 0 Å². The largest absolute Gasteiger partial charge is 0.308 e. The molecule has 0 atom stereocenters. The van der Waals surface area contributed by atoms with Crippen LogP contribution in [0.2, 0.25) is 5.02 Å². The zero-order chi connectivity index (χ0) is 14.9. The number of benzene rings is 1. The quantitative estimate of drug-likeness (QED) is 0.925. The first-order chi connectivity index (χ1) is 9.26. The SMILES string of the molecule is Cc1cc(C)n(-c2ccc(Cl)cc2CNC(C)(C)C)n1. The second kappa shape index (κ2) is 5.58. The van der Waals surface area contributed by atoms with E-state index in [4.69, 9.17) is 11.6 Å². The van der Waals surface area contributed by atoms with Gasteiger partial charge in [-0.05, 0) is 64.4 Å². The second-order valence-electron chi connectivity index (χ2n) is 6.22. The van der Waals surface area contributed by atoms with Gasteiger partial charge >= 0.3 is 0 Å². The van der Waals surface area contributed by atoms with E-state index in [0.717, 1.165) is 34.2 Å². The predicted molar refractivity (Wildman–Crippen MR) is 84.6 cm³/mol. The summed E-state index contributed by atoms with van der Waals surface area (Å²) in [6, 6.07) is 8.02. The zero-order valence-electron chi connectivity index (χ0n) is 12.8. The fraction of sp³-hybridized carbons (Fsp3) is 0.438. The van der Waals surface area contributed by atoms with E-state index in [2.05, 4.69) is 44.2 Å². The Morgan fingerprint density at radius 1 is 1.20 bits per heavy atom. The van der Waals surface area contributed by atoms with Gasteiger partial charge < -0.3 is 5.32 Å². The van der Waals surface area contributed by atoms with Crippen LogP contribution in [0.4, 0.5) is 0 Å². The van der Waals surface area contributed by atoms with Gasteiger partial charge in [-0.3, -0.25) is 0 Å².